The van der Waals surface area contributed by atoms with E-state index in [1.807, 2.05) is 42.2 Å². The number of aromatic nitrogens is 1. The summed E-state index contributed by atoms with van der Waals surface area (Å²) < 4.78 is 13.5. The van der Waals surface area contributed by atoms with Crippen LogP contribution in [0, 0.1) is 12.7 Å². The molecule has 0 spiro atoms. The Labute approximate surface area is 157 Å². The summed E-state index contributed by atoms with van der Waals surface area (Å²) in [6.45, 7) is 3.25. The van der Waals surface area contributed by atoms with Gasteiger partial charge in [-0.3, -0.25) is 4.98 Å². The molecule has 4 rings (SSSR count). The van der Waals surface area contributed by atoms with Gasteiger partial charge >= 0.3 is 6.03 Å². The van der Waals surface area contributed by atoms with Gasteiger partial charge in [-0.05, 0) is 53.8 Å². The number of hydrogen-bond acceptors (Lipinski definition) is 2. The molecule has 0 radical (unpaired) electrons. The largest absolute Gasteiger partial charge is 0.322 e. The van der Waals surface area contributed by atoms with E-state index in [0.29, 0.717) is 24.3 Å². The Kier molecular flexibility index (Phi) is 4.59. The van der Waals surface area contributed by atoms with Gasteiger partial charge in [0.05, 0.1) is 6.20 Å². The van der Waals surface area contributed by atoms with Crippen LogP contribution < -0.4 is 5.32 Å². The highest BCUT2D eigenvalue weighted by molar-refractivity contribution is 5.90. The Balaban J connectivity index is 1.53. The summed E-state index contributed by atoms with van der Waals surface area (Å²) in [5, 5.41) is 2.97. The number of pyridine rings is 1. The number of nitrogens with one attached hydrogen (secondary N) is 1. The van der Waals surface area contributed by atoms with E-state index < -0.39 is 0 Å². The molecule has 1 N–H and O–H groups in total. The molecule has 27 heavy (non-hydrogen) atoms. The number of carbonyl (C=O) groups excluding carboxylic acids is 1. The van der Waals surface area contributed by atoms with Crippen molar-refractivity contribution in [3.63, 3.8) is 0 Å². The van der Waals surface area contributed by atoms with Gasteiger partial charge in [-0.1, -0.05) is 30.3 Å². The molecule has 0 saturated heterocycles. The van der Waals surface area contributed by atoms with Crippen LogP contribution >= 0.6 is 0 Å². The topological polar surface area (TPSA) is 45.2 Å². The highest BCUT2D eigenvalue weighted by atomic mass is 19.1. The van der Waals surface area contributed by atoms with Crippen molar-refractivity contribution in [1.82, 2.24) is 9.88 Å². The van der Waals surface area contributed by atoms with Crippen LogP contribution in [0.25, 0.3) is 11.1 Å². The van der Waals surface area contributed by atoms with Crippen molar-refractivity contribution in [2.24, 2.45) is 0 Å². The van der Waals surface area contributed by atoms with Gasteiger partial charge in [0.1, 0.15) is 5.82 Å². The smallest absolute Gasteiger partial charge is 0.320 e. The van der Waals surface area contributed by atoms with E-state index >= 15 is 0 Å². The SMILES string of the molecule is Cc1ccc(NC(=O)N2CCc3ccccc3C2)cc1-c1cncc(F)c1. The van der Waals surface area contributed by atoms with Crippen LogP contribution in [0.3, 0.4) is 0 Å². The van der Waals surface area contributed by atoms with E-state index in [0.717, 1.165) is 17.5 Å². The highest BCUT2D eigenvalue weighted by Crippen LogP contribution is 2.27. The number of fused-ring (bicyclic) bond motifs is 1. The molecule has 0 atom stereocenters. The number of nitrogens with zero attached hydrogens (tertiary/aromatic N) is 2. The van der Waals surface area contributed by atoms with Crippen molar-refractivity contribution >= 4 is 11.7 Å². The number of urea groups is 1. The Morgan fingerprint density at radius 2 is 1.93 bits per heavy atom. The second-order valence-electron chi connectivity index (χ2n) is 6.79. The summed E-state index contributed by atoms with van der Waals surface area (Å²) in [5.41, 5.74) is 5.71. The Morgan fingerprint density at radius 3 is 2.74 bits per heavy atom. The van der Waals surface area contributed by atoms with E-state index in [2.05, 4.69) is 22.4 Å². The monoisotopic (exact) mass is 361 g/mol. The van der Waals surface area contributed by atoms with Crippen LogP contribution in [-0.2, 0) is 13.0 Å². The number of rotatable bonds is 2. The summed E-state index contributed by atoms with van der Waals surface area (Å²) in [4.78, 5) is 18.4. The lowest BCUT2D eigenvalue weighted by Crippen LogP contribution is -2.38. The Bertz CT molecular complexity index is 1000. The summed E-state index contributed by atoms with van der Waals surface area (Å²) in [6.07, 6.45) is 3.66. The molecular formula is C22H20FN3O. The third-order valence-corrected chi connectivity index (χ3v) is 4.92. The summed E-state index contributed by atoms with van der Waals surface area (Å²) >= 11 is 0. The minimum Gasteiger partial charge on any atom is -0.320 e. The maximum absolute atomic E-state index is 13.5. The molecule has 2 amide bonds. The molecule has 0 saturated carbocycles. The molecule has 136 valence electrons. The fourth-order valence-electron chi connectivity index (χ4n) is 3.44. The number of carbonyl (C=O) groups is 1. The van der Waals surface area contributed by atoms with Crippen LogP contribution in [-0.4, -0.2) is 22.5 Å². The van der Waals surface area contributed by atoms with E-state index in [4.69, 9.17) is 0 Å². The standard InChI is InChI=1S/C22H20FN3O/c1-15-6-7-20(11-21(15)18-10-19(23)13-24-12-18)25-22(27)26-9-8-16-4-2-3-5-17(16)14-26/h2-7,10-13H,8-9,14H2,1H3,(H,25,27). The van der Waals surface area contributed by atoms with E-state index in [1.165, 1.54) is 23.4 Å². The minimum absolute atomic E-state index is 0.128. The van der Waals surface area contributed by atoms with Gasteiger partial charge in [0.25, 0.3) is 0 Å². The number of anilines is 1. The zero-order chi connectivity index (χ0) is 18.8. The lowest BCUT2D eigenvalue weighted by atomic mass is 10.00. The first-order valence-electron chi connectivity index (χ1n) is 8.94. The third-order valence-electron chi connectivity index (χ3n) is 4.92. The van der Waals surface area contributed by atoms with Crippen LogP contribution in [0.15, 0.2) is 60.9 Å². The van der Waals surface area contributed by atoms with E-state index in [9.17, 15) is 9.18 Å². The van der Waals surface area contributed by atoms with Gasteiger partial charge in [0, 0.05) is 30.5 Å². The van der Waals surface area contributed by atoms with Crippen LogP contribution in [0.1, 0.15) is 16.7 Å². The zero-order valence-corrected chi connectivity index (χ0v) is 15.1. The van der Waals surface area contributed by atoms with Crippen molar-refractivity contribution in [2.45, 2.75) is 19.9 Å². The Morgan fingerprint density at radius 1 is 1.11 bits per heavy atom. The van der Waals surface area contributed by atoms with Crippen molar-refractivity contribution in [3.8, 4) is 11.1 Å². The van der Waals surface area contributed by atoms with Gasteiger partial charge < -0.3 is 10.2 Å². The molecule has 2 heterocycles. The molecule has 1 aromatic heterocycles. The molecule has 0 bridgehead atoms. The second kappa shape index (κ2) is 7.19. The Hall–Kier alpha value is -3.21. The van der Waals surface area contributed by atoms with Crippen LogP contribution in [0.5, 0.6) is 0 Å². The van der Waals surface area contributed by atoms with Gasteiger partial charge in [-0.25, -0.2) is 9.18 Å². The predicted octanol–water partition coefficient (Wildman–Crippen LogP) is 4.79. The van der Waals surface area contributed by atoms with Gasteiger partial charge in [0.15, 0.2) is 0 Å². The van der Waals surface area contributed by atoms with Crippen LogP contribution in [0.2, 0.25) is 0 Å². The summed E-state index contributed by atoms with van der Waals surface area (Å²) in [5.74, 6) is -0.381. The quantitative estimate of drug-likeness (QED) is 0.713. The van der Waals surface area contributed by atoms with Gasteiger partial charge in [0.2, 0.25) is 0 Å². The second-order valence-corrected chi connectivity index (χ2v) is 6.79. The lowest BCUT2D eigenvalue weighted by Gasteiger charge is -2.29. The molecule has 3 aromatic rings. The van der Waals surface area contributed by atoms with E-state index in [-0.39, 0.29) is 11.8 Å². The van der Waals surface area contributed by atoms with Crippen molar-refractivity contribution in [2.75, 3.05) is 11.9 Å². The lowest BCUT2D eigenvalue weighted by molar-refractivity contribution is 0.206. The third kappa shape index (κ3) is 3.67. The summed E-state index contributed by atoms with van der Waals surface area (Å²) in [7, 11) is 0. The predicted molar refractivity (Wildman–Crippen MR) is 104 cm³/mol. The highest BCUT2D eigenvalue weighted by Gasteiger charge is 2.20. The molecule has 5 heteroatoms. The average Bonchev–Trinajstić information content (AvgIpc) is 2.69. The minimum atomic E-state index is -0.381. The molecule has 0 fully saturated rings. The first-order chi connectivity index (χ1) is 13.1. The van der Waals surface area contributed by atoms with E-state index in [1.54, 1.807) is 6.20 Å². The maximum atomic E-state index is 13.5. The number of aryl methyl sites for hydroxylation is 1. The van der Waals surface area contributed by atoms with Crippen molar-refractivity contribution in [1.29, 1.82) is 0 Å². The first-order valence-corrected chi connectivity index (χ1v) is 8.94. The molecule has 0 unspecified atom stereocenters. The fourth-order valence-corrected chi connectivity index (χ4v) is 3.44. The number of halogens is 1. The van der Waals surface area contributed by atoms with Crippen molar-refractivity contribution < 1.29 is 9.18 Å². The molecule has 4 nitrogen and oxygen atoms in total. The summed E-state index contributed by atoms with van der Waals surface area (Å²) in [6, 6.07) is 15.2. The van der Waals surface area contributed by atoms with Crippen LogP contribution in [0.4, 0.5) is 14.9 Å². The fraction of sp³-hybridized carbons (Fsp3) is 0.182. The zero-order valence-electron chi connectivity index (χ0n) is 15.1. The van der Waals surface area contributed by atoms with Gasteiger partial charge in [-0.15, -0.1) is 0 Å². The number of hydrogen-bond donors (Lipinski definition) is 1. The molecule has 0 aliphatic carbocycles. The first kappa shape index (κ1) is 17.2. The number of benzene rings is 2. The average molecular weight is 361 g/mol. The van der Waals surface area contributed by atoms with Gasteiger partial charge in [-0.2, -0.15) is 0 Å². The maximum Gasteiger partial charge on any atom is 0.322 e. The number of amides is 2. The molecule has 1 aliphatic heterocycles. The normalized spacial score (nSPS) is 13.2. The molecule has 1 aliphatic rings. The molecule has 2 aromatic carbocycles. The van der Waals surface area contributed by atoms with Crippen molar-refractivity contribution in [3.05, 3.63) is 83.4 Å². The molecular weight excluding hydrogens is 341 g/mol.